The van der Waals surface area contributed by atoms with Crippen molar-refractivity contribution in [2.75, 3.05) is 13.6 Å². The third-order valence-corrected chi connectivity index (χ3v) is 3.76. The van der Waals surface area contributed by atoms with Gasteiger partial charge in [0.2, 0.25) is 0 Å². The van der Waals surface area contributed by atoms with Gasteiger partial charge in [-0.25, -0.2) is 0 Å². The maximum atomic E-state index is 12.0. The second kappa shape index (κ2) is 8.37. The van der Waals surface area contributed by atoms with Crippen LogP contribution in [0.3, 0.4) is 0 Å². The molecule has 20 heavy (non-hydrogen) atoms. The zero-order valence-corrected chi connectivity index (χ0v) is 12.4. The number of halogens is 3. The third-order valence-electron chi connectivity index (χ3n) is 3.76. The SMILES string of the molecule is CN=C(NCCCCC(F)(F)F)NC1CCC(C)CC1. The Balaban J connectivity index is 2.14. The first-order chi connectivity index (χ1) is 9.40. The number of aliphatic imine (C=N–C) groups is 1. The lowest BCUT2D eigenvalue weighted by Crippen LogP contribution is -2.45. The average Bonchev–Trinajstić information content (AvgIpc) is 2.38. The van der Waals surface area contributed by atoms with Crippen molar-refractivity contribution in [1.82, 2.24) is 10.6 Å². The van der Waals surface area contributed by atoms with Crippen molar-refractivity contribution in [3.8, 4) is 0 Å². The molecule has 2 N–H and O–H groups in total. The average molecular weight is 293 g/mol. The second-order valence-corrected chi connectivity index (χ2v) is 5.67. The van der Waals surface area contributed by atoms with Crippen molar-refractivity contribution in [3.05, 3.63) is 0 Å². The summed E-state index contributed by atoms with van der Waals surface area (Å²) in [7, 11) is 1.69. The largest absolute Gasteiger partial charge is 0.389 e. The lowest BCUT2D eigenvalue weighted by atomic mass is 9.87. The van der Waals surface area contributed by atoms with E-state index < -0.39 is 12.6 Å². The van der Waals surface area contributed by atoms with Gasteiger partial charge in [-0.2, -0.15) is 13.2 Å². The van der Waals surface area contributed by atoms with Gasteiger partial charge in [-0.15, -0.1) is 0 Å². The molecule has 1 aliphatic carbocycles. The van der Waals surface area contributed by atoms with Gasteiger partial charge in [0.05, 0.1) is 0 Å². The molecule has 0 unspecified atom stereocenters. The number of nitrogens with one attached hydrogen (secondary N) is 2. The maximum Gasteiger partial charge on any atom is 0.389 e. The molecule has 1 aliphatic rings. The standard InChI is InChI=1S/C14H26F3N3/c1-11-5-7-12(8-6-11)20-13(18-2)19-10-4-3-9-14(15,16)17/h11-12H,3-10H2,1-2H3,(H2,18,19,20). The molecular weight excluding hydrogens is 267 g/mol. The Bertz CT molecular complexity index is 295. The van der Waals surface area contributed by atoms with Crippen LogP contribution in [0.25, 0.3) is 0 Å². The van der Waals surface area contributed by atoms with Gasteiger partial charge in [-0.05, 0) is 44.4 Å². The molecule has 0 aromatic rings. The van der Waals surface area contributed by atoms with Crippen LogP contribution in [0.4, 0.5) is 13.2 Å². The van der Waals surface area contributed by atoms with Gasteiger partial charge in [-0.3, -0.25) is 4.99 Å². The van der Waals surface area contributed by atoms with Crippen molar-refractivity contribution >= 4 is 5.96 Å². The molecule has 0 atom stereocenters. The van der Waals surface area contributed by atoms with E-state index in [-0.39, 0.29) is 6.42 Å². The molecule has 1 fully saturated rings. The third kappa shape index (κ3) is 7.60. The predicted molar refractivity (Wildman–Crippen MR) is 75.8 cm³/mol. The number of unbranched alkanes of at least 4 members (excludes halogenated alkanes) is 1. The predicted octanol–water partition coefficient (Wildman–Crippen LogP) is 3.46. The lowest BCUT2D eigenvalue weighted by molar-refractivity contribution is -0.135. The Kier molecular flexibility index (Phi) is 7.16. The summed E-state index contributed by atoms with van der Waals surface area (Å²) < 4.78 is 36.0. The van der Waals surface area contributed by atoms with Gasteiger partial charge in [-0.1, -0.05) is 6.92 Å². The van der Waals surface area contributed by atoms with Crippen LogP contribution < -0.4 is 10.6 Å². The normalized spacial score (nSPS) is 24.6. The number of rotatable bonds is 5. The molecule has 0 saturated heterocycles. The van der Waals surface area contributed by atoms with E-state index in [0.717, 1.165) is 18.8 Å². The Morgan fingerprint density at radius 3 is 2.35 bits per heavy atom. The Hall–Kier alpha value is -0.940. The molecular formula is C14H26F3N3. The first kappa shape index (κ1) is 17.1. The number of alkyl halides is 3. The molecule has 0 bridgehead atoms. The van der Waals surface area contributed by atoms with Crippen LogP contribution in [0, 0.1) is 5.92 Å². The molecule has 0 heterocycles. The van der Waals surface area contributed by atoms with Gasteiger partial charge < -0.3 is 10.6 Å². The minimum absolute atomic E-state index is 0.161. The molecule has 118 valence electrons. The fourth-order valence-electron chi connectivity index (χ4n) is 2.45. The van der Waals surface area contributed by atoms with E-state index in [4.69, 9.17) is 0 Å². The molecule has 0 amide bonds. The summed E-state index contributed by atoms with van der Waals surface area (Å²) in [6, 6.07) is 0.438. The summed E-state index contributed by atoms with van der Waals surface area (Å²) in [6.07, 6.45) is 0.628. The highest BCUT2D eigenvalue weighted by molar-refractivity contribution is 5.79. The van der Waals surface area contributed by atoms with Crippen LogP contribution in [0.5, 0.6) is 0 Å². The quantitative estimate of drug-likeness (QED) is 0.463. The summed E-state index contributed by atoms with van der Waals surface area (Å²) in [5.74, 6) is 1.50. The van der Waals surface area contributed by atoms with Crippen LogP contribution in [0.1, 0.15) is 51.9 Å². The molecule has 6 heteroatoms. The summed E-state index contributed by atoms with van der Waals surface area (Å²) in [5, 5.41) is 6.44. The van der Waals surface area contributed by atoms with E-state index in [0.29, 0.717) is 25.0 Å². The molecule has 0 spiro atoms. The molecule has 3 nitrogen and oxygen atoms in total. The summed E-state index contributed by atoms with van der Waals surface area (Å²) in [4.78, 5) is 4.12. The fraction of sp³-hybridized carbons (Fsp3) is 0.929. The topological polar surface area (TPSA) is 36.4 Å². The van der Waals surface area contributed by atoms with Gasteiger partial charge in [0.25, 0.3) is 0 Å². The van der Waals surface area contributed by atoms with Gasteiger partial charge >= 0.3 is 6.18 Å². The smallest absolute Gasteiger partial charge is 0.356 e. The van der Waals surface area contributed by atoms with E-state index in [1.165, 1.54) is 12.8 Å². The molecule has 1 saturated carbocycles. The fourth-order valence-corrected chi connectivity index (χ4v) is 2.45. The van der Waals surface area contributed by atoms with Gasteiger partial charge in [0, 0.05) is 26.1 Å². The van der Waals surface area contributed by atoms with E-state index in [2.05, 4.69) is 22.5 Å². The highest BCUT2D eigenvalue weighted by Crippen LogP contribution is 2.23. The summed E-state index contributed by atoms with van der Waals surface area (Å²) in [5.41, 5.74) is 0. The first-order valence-corrected chi connectivity index (χ1v) is 7.44. The number of hydrogen-bond acceptors (Lipinski definition) is 1. The van der Waals surface area contributed by atoms with E-state index in [1.54, 1.807) is 7.05 Å². The number of hydrogen-bond donors (Lipinski definition) is 2. The monoisotopic (exact) mass is 293 g/mol. The van der Waals surface area contributed by atoms with Crippen LogP contribution in [0.15, 0.2) is 4.99 Å². The molecule has 0 aromatic carbocycles. The molecule has 0 radical (unpaired) electrons. The number of nitrogens with zero attached hydrogens (tertiary/aromatic N) is 1. The minimum atomic E-state index is -4.04. The molecule has 0 aromatic heterocycles. The van der Waals surface area contributed by atoms with Crippen LogP contribution in [0.2, 0.25) is 0 Å². The zero-order chi connectivity index (χ0) is 15.0. The van der Waals surface area contributed by atoms with Gasteiger partial charge in [0.15, 0.2) is 5.96 Å². The maximum absolute atomic E-state index is 12.0. The van der Waals surface area contributed by atoms with E-state index >= 15 is 0 Å². The minimum Gasteiger partial charge on any atom is -0.356 e. The summed E-state index contributed by atoms with van der Waals surface area (Å²) >= 11 is 0. The van der Waals surface area contributed by atoms with Crippen molar-refractivity contribution < 1.29 is 13.2 Å². The first-order valence-electron chi connectivity index (χ1n) is 7.44. The highest BCUT2D eigenvalue weighted by Gasteiger charge is 2.25. The number of guanidine groups is 1. The molecule has 0 aliphatic heterocycles. The lowest BCUT2D eigenvalue weighted by Gasteiger charge is -2.28. The van der Waals surface area contributed by atoms with Crippen LogP contribution in [-0.2, 0) is 0 Å². The Labute approximate surface area is 119 Å². The highest BCUT2D eigenvalue weighted by atomic mass is 19.4. The van der Waals surface area contributed by atoms with Crippen molar-refractivity contribution in [1.29, 1.82) is 0 Å². The van der Waals surface area contributed by atoms with E-state index in [1.807, 2.05) is 0 Å². The van der Waals surface area contributed by atoms with Crippen molar-refractivity contribution in [2.24, 2.45) is 10.9 Å². The van der Waals surface area contributed by atoms with Crippen molar-refractivity contribution in [2.45, 2.75) is 64.1 Å². The van der Waals surface area contributed by atoms with E-state index in [9.17, 15) is 13.2 Å². The molecule has 1 rings (SSSR count). The zero-order valence-electron chi connectivity index (χ0n) is 12.4. The second-order valence-electron chi connectivity index (χ2n) is 5.67. The van der Waals surface area contributed by atoms with Crippen LogP contribution >= 0.6 is 0 Å². The van der Waals surface area contributed by atoms with Gasteiger partial charge in [0.1, 0.15) is 0 Å². The van der Waals surface area contributed by atoms with Crippen LogP contribution in [-0.4, -0.2) is 31.8 Å². The Morgan fingerprint density at radius 1 is 1.15 bits per heavy atom. The van der Waals surface area contributed by atoms with Crippen molar-refractivity contribution in [3.63, 3.8) is 0 Å². The Morgan fingerprint density at radius 2 is 1.80 bits per heavy atom. The summed E-state index contributed by atoms with van der Waals surface area (Å²) in [6.45, 7) is 2.79.